The number of aryl methyl sites for hydroxylation is 1. The van der Waals surface area contributed by atoms with Crippen molar-refractivity contribution >= 4 is 35.8 Å². The molecule has 0 saturated heterocycles. The first-order valence-electron chi connectivity index (χ1n) is 7.88. The van der Waals surface area contributed by atoms with Crippen LogP contribution in [0.3, 0.4) is 0 Å². The molecule has 0 heterocycles. The molecule has 0 fully saturated rings. The second-order valence-corrected chi connectivity index (χ2v) is 7.83. The molecule has 0 aliphatic heterocycles. The van der Waals surface area contributed by atoms with Crippen LogP contribution in [0.25, 0.3) is 21.5 Å². The second kappa shape index (κ2) is 9.80. The fourth-order valence-electron chi connectivity index (χ4n) is 3.17. The van der Waals surface area contributed by atoms with Crippen molar-refractivity contribution in [2.24, 2.45) is 0 Å². The summed E-state index contributed by atoms with van der Waals surface area (Å²) in [5.74, 6) is 1.05. The Kier molecular flexibility index (Phi) is 8.69. The fourth-order valence-corrected chi connectivity index (χ4v) is 4.52. The summed E-state index contributed by atoms with van der Waals surface area (Å²) in [7, 11) is -1.07. The minimum Gasteiger partial charge on any atom is -1.00 e. The number of halogens is 2. The third kappa shape index (κ3) is 4.28. The Labute approximate surface area is 187 Å². The number of benzene rings is 3. The summed E-state index contributed by atoms with van der Waals surface area (Å²) in [4.78, 5) is 0. The van der Waals surface area contributed by atoms with E-state index in [-0.39, 0.29) is 51.0 Å². The Morgan fingerprint density at radius 3 is 2.23 bits per heavy atom. The number of rotatable bonds is 3. The van der Waals surface area contributed by atoms with E-state index < -0.39 is 9.04 Å². The molecular formula is C21H18Cl2OSiZr. The first-order valence-corrected chi connectivity index (χ1v) is 9.79. The van der Waals surface area contributed by atoms with Gasteiger partial charge < -0.3 is 29.2 Å². The molecule has 26 heavy (non-hydrogen) atoms. The first-order chi connectivity index (χ1) is 11.2. The van der Waals surface area contributed by atoms with E-state index in [1.807, 2.05) is 0 Å². The summed E-state index contributed by atoms with van der Waals surface area (Å²) in [6.07, 6.45) is 0. The molecule has 0 saturated carbocycles. The van der Waals surface area contributed by atoms with Gasteiger partial charge in [-0.3, -0.25) is 0 Å². The normalized spacial score (nSPS) is 10.1. The summed E-state index contributed by atoms with van der Waals surface area (Å²) < 4.78 is 6.49. The largest absolute Gasteiger partial charge is 3.00 e. The summed E-state index contributed by atoms with van der Waals surface area (Å²) in [5, 5.41) is 6.35. The van der Waals surface area contributed by atoms with Crippen LogP contribution >= 0.6 is 0 Å². The van der Waals surface area contributed by atoms with Gasteiger partial charge in [0.05, 0.1) is 0 Å². The van der Waals surface area contributed by atoms with Crippen molar-refractivity contribution in [1.29, 1.82) is 0 Å². The molecule has 0 spiro atoms. The molecule has 0 bridgehead atoms. The average molecular weight is 477 g/mol. The van der Waals surface area contributed by atoms with Crippen LogP contribution in [-0.4, -0.2) is 9.04 Å². The summed E-state index contributed by atoms with van der Waals surface area (Å²) in [6, 6.07) is 25.7. The van der Waals surface area contributed by atoms with Gasteiger partial charge in [0.15, 0.2) is 0 Å². The predicted octanol–water partition coefficient (Wildman–Crippen LogP) is -1.07. The summed E-state index contributed by atoms with van der Waals surface area (Å²) in [6.45, 7) is 4.35. The molecule has 0 aromatic heterocycles. The molecule has 1 nitrogen and oxygen atoms in total. The third-order valence-corrected chi connectivity index (χ3v) is 6.01. The molecular weight excluding hydrogens is 458 g/mol. The van der Waals surface area contributed by atoms with Gasteiger partial charge in [-0.1, -0.05) is 78.4 Å². The van der Waals surface area contributed by atoms with Crippen molar-refractivity contribution in [2.75, 3.05) is 0 Å². The molecule has 0 amide bonds. The molecule has 4 aromatic carbocycles. The van der Waals surface area contributed by atoms with Gasteiger partial charge in [0.25, 0.3) is 0 Å². The van der Waals surface area contributed by atoms with Crippen LogP contribution in [-0.2, 0) is 26.2 Å². The Morgan fingerprint density at radius 2 is 1.50 bits per heavy atom. The van der Waals surface area contributed by atoms with E-state index >= 15 is 0 Å². The maximum atomic E-state index is 6.49. The minimum atomic E-state index is -1.07. The molecule has 0 atom stereocenters. The molecule has 130 valence electrons. The van der Waals surface area contributed by atoms with E-state index in [9.17, 15) is 0 Å². The van der Waals surface area contributed by atoms with Crippen molar-refractivity contribution in [2.45, 2.75) is 13.5 Å². The maximum absolute atomic E-state index is 6.49. The van der Waals surface area contributed by atoms with Crippen LogP contribution in [0, 0.1) is 6.92 Å². The zero-order chi connectivity index (χ0) is 15.8. The van der Waals surface area contributed by atoms with Gasteiger partial charge in [-0.05, 0) is 22.9 Å². The van der Waals surface area contributed by atoms with Crippen molar-refractivity contribution in [3.05, 3.63) is 78.4 Å². The van der Waals surface area contributed by atoms with E-state index in [0.29, 0.717) is 0 Å². The van der Waals surface area contributed by atoms with Crippen LogP contribution in [0.4, 0.5) is 0 Å². The van der Waals surface area contributed by atoms with Gasteiger partial charge in [-0.15, -0.1) is 23.1 Å². The SMILES string of the molecule is Cc1[cH-]c2ccc3ccccc3c2c1O[Si](C)c1ccccc1.[Cl-].[Cl-].[Zr+3]. The van der Waals surface area contributed by atoms with Crippen molar-refractivity contribution in [3.8, 4) is 5.75 Å². The smallest absolute Gasteiger partial charge is 1.00 e. The topological polar surface area (TPSA) is 9.23 Å². The minimum absolute atomic E-state index is 0. The van der Waals surface area contributed by atoms with Crippen LogP contribution in [0.1, 0.15) is 5.56 Å². The Bertz CT molecular complexity index is 985. The standard InChI is InChI=1S/C21H18OSi.2ClH.Zr/c1-15-14-17-13-12-16-8-6-7-11-19(16)20(17)21(15)22-23(2)18-9-4-3-5-10-18;;;/h3-14H,1-2H3;2*1H;/q-1;;;+3/p-2. The van der Waals surface area contributed by atoms with Crippen LogP contribution in [0.2, 0.25) is 6.55 Å². The molecule has 2 radical (unpaired) electrons. The molecule has 4 rings (SSSR count). The van der Waals surface area contributed by atoms with Gasteiger partial charge in [-0.25, -0.2) is 0 Å². The van der Waals surface area contributed by atoms with Crippen LogP contribution in [0.15, 0.2) is 72.8 Å². The summed E-state index contributed by atoms with van der Waals surface area (Å²) >= 11 is 0. The van der Waals surface area contributed by atoms with Crippen molar-refractivity contribution in [1.82, 2.24) is 0 Å². The monoisotopic (exact) mass is 474 g/mol. The first kappa shape index (κ1) is 23.0. The van der Waals surface area contributed by atoms with E-state index in [1.54, 1.807) is 0 Å². The molecule has 4 aromatic rings. The average Bonchev–Trinajstić information content (AvgIpc) is 2.91. The second-order valence-electron chi connectivity index (χ2n) is 5.93. The van der Waals surface area contributed by atoms with E-state index in [0.717, 1.165) is 5.75 Å². The Hall–Kier alpha value is -0.990. The summed E-state index contributed by atoms with van der Waals surface area (Å²) in [5.41, 5.74) is 1.22. The zero-order valence-corrected chi connectivity index (χ0v) is 19.6. The molecule has 0 aliphatic carbocycles. The van der Waals surface area contributed by atoms with Gasteiger partial charge in [-0.2, -0.15) is 0 Å². The van der Waals surface area contributed by atoms with Gasteiger partial charge in [0.1, 0.15) is 0 Å². The molecule has 0 unspecified atom stereocenters. The van der Waals surface area contributed by atoms with E-state index in [2.05, 4.69) is 86.3 Å². The molecule has 0 aliphatic rings. The molecule has 0 N–H and O–H groups in total. The predicted molar refractivity (Wildman–Crippen MR) is 100 cm³/mol. The fraction of sp³-hybridized carbons (Fsp3) is 0.0952. The van der Waals surface area contributed by atoms with Crippen LogP contribution < -0.4 is 34.4 Å². The quantitative estimate of drug-likeness (QED) is 0.271. The number of hydrogen-bond donors (Lipinski definition) is 0. The third-order valence-electron chi connectivity index (χ3n) is 4.35. The Balaban J connectivity index is 0.00000113. The molecule has 5 heteroatoms. The van der Waals surface area contributed by atoms with E-state index in [4.69, 9.17) is 4.43 Å². The zero-order valence-electron chi connectivity index (χ0n) is 14.6. The van der Waals surface area contributed by atoms with Gasteiger partial charge >= 0.3 is 35.2 Å². The van der Waals surface area contributed by atoms with E-state index in [1.165, 1.54) is 32.3 Å². The van der Waals surface area contributed by atoms with Crippen LogP contribution in [0.5, 0.6) is 5.75 Å². The van der Waals surface area contributed by atoms with Crippen molar-refractivity contribution < 1.29 is 55.4 Å². The maximum Gasteiger partial charge on any atom is 3.00 e. The van der Waals surface area contributed by atoms with Gasteiger partial charge in [0.2, 0.25) is 0 Å². The Morgan fingerprint density at radius 1 is 0.846 bits per heavy atom. The number of fused-ring (bicyclic) bond motifs is 3. The van der Waals surface area contributed by atoms with Gasteiger partial charge in [0, 0.05) is 0 Å². The number of hydrogen-bond acceptors (Lipinski definition) is 1. The van der Waals surface area contributed by atoms with Crippen molar-refractivity contribution in [3.63, 3.8) is 0 Å².